The zero-order valence-corrected chi connectivity index (χ0v) is 23.9. The fourth-order valence-electron chi connectivity index (χ4n) is 5.37. The Morgan fingerprint density at radius 3 is 2.55 bits per heavy atom. The number of nitrogens with one attached hydrogen (secondary N) is 1. The molecule has 3 heterocycles. The number of carbonyl (C=O) groups excluding carboxylic acids is 1. The summed E-state index contributed by atoms with van der Waals surface area (Å²) in [5.41, 5.74) is 6.41. The molecule has 4 aromatic rings. The van der Waals surface area contributed by atoms with Crippen molar-refractivity contribution in [3.63, 3.8) is 0 Å². The number of amides is 1. The first-order chi connectivity index (χ1) is 19.3. The number of halogens is 2. The first-order valence-corrected chi connectivity index (χ1v) is 14.2. The van der Waals surface area contributed by atoms with Gasteiger partial charge in [0, 0.05) is 29.7 Å². The van der Waals surface area contributed by atoms with E-state index in [-0.39, 0.29) is 5.91 Å². The summed E-state index contributed by atoms with van der Waals surface area (Å²) in [6.45, 7) is 5.95. The lowest BCUT2D eigenvalue weighted by Gasteiger charge is -2.34. The van der Waals surface area contributed by atoms with E-state index in [2.05, 4.69) is 5.43 Å². The molecule has 2 aliphatic heterocycles. The topological polar surface area (TPSA) is 68.6 Å². The number of benzene rings is 3. The highest BCUT2D eigenvalue weighted by Gasteiger charge is 2.42. The van der Waals surface area contributed by atoms with Crippen LogP contribution in [0.2, 0.25) is 10.0 Å². The molecule has 0 radical (unpaired) electrons. The third-order valence-electron chi connectivity index (χ3n) is 7.28. The van der Waals surface area contributed by atoms with Gasteiger partial charge in [0.15, 0.2) is 5.69 Å². The SMILES string of the molecule is CC1(C)Oc2cc(OCc3ccccc3)ccc2-c2c1c(C(=O)NN1CCCCC1)nn2-c1ccc(Cl)cc1Cl. The highest BCUT2D eigenvalue weighted by Crippen LogP contribution is 2.49. The van der Waals surface area contributed by atoms with Gasteiger partial charge in [0.05, 0.1) is 22.0 Å². The molecule has 9 heteroatoms. The molecule has 0 aliphatic carbocycles. The maximum atomic E-state index is 13.7. The summed E-state index contributed by atoms with van der Waals surface area (Å²) in [6.07, 6.45) is 3.26. The lowest BCUT2D eigenvalue weighted by atomic mass is 9.88. The number of piperidine rings is 1. The molecule has 1 aromatic heterocycles. The van der Waals surface area contributed by atoms with Gasteiger partial charge in [-0.25, -0.2) is 9.69 Å². The van der Waals surface area contributed by atoms with Crippen LogP contribution in [0, 0.1) is 0 Å². The quantitative estimate of drug-likeness (QED) is 0.263. The molecule has 0 unspecified atom stereocenters. The van der Waals surface area contributed by atoms with E-state index in [1.807, 2.05) is 73.5 Å². The number of ether oxygens (including phenoxy) is 2. The Kier molecular flexibility index (Phi) is 7.21. The van der Waals surface area contributed by atoms with Crippen LogP contribution in [0.1, 0.15) is 54.7 Å². The molecule has 2 aliphatic rings. The van der Waals surface area contributed by atoms with Gasteiger partial charge in [0.2, 0.25) is 0 Å². The number of fused-ring (bicyclic) bond motifs is 3. The van der Waals surface area contributed by atoms with Gasteiger partial charge in [-0.05, 0) is 62.6 Å². The van der Waals surface area contributed by atoms with Gasteiger partial charge in [-0.15, -0.1) is 0 Å². The number of hydrazine groups is 1. The standard InChI is InChI=1S/C31H30Cl2N4O3/c1-31(2)27-28(30(38)35-36-15-7-4-8-16-36)34-37(25-14-11-21(32)17-24(25)33)29(27)23-13-12-22(18-26(23)40-31)39-19-20-9-5-3-6-10-20/h3,5-6,9-14,17-18H,4,7-8,15-16,19H2,1-2H3,(H,35,38). The number of hydrogen-bond acceptors (Lipinski definition) is 5. The summed E-state index contributed by atoms with van der Waals surface area (Å²) in [5.74, 6) is 1.04. The monoisotopic (exact) mass is 576 g/mol. The molecular formula is C31H30Cl2N4O3. The van der Waals surface area contributed by atoms with E-state index < -0.39 is 5.60 Å². The second-order valence-electron chi connectivity index (χ2n) is 10.6. The molecule has 7 nitrogen and oxygen atoms in total. The lowest BCUT2D eigenvalue weighted by Crippen LogP contribution is -2.46. The maximum absolute atomic E-state index is 13.7. The average Bonchev–Trinajstić information content (AvgIpc) is 3.35. The van der Waals surface area contributed by atoms with Crippen molar-refractivity contribution in [3.8, 4) is 28.4 Å². The van der Waals surface area contributed by atoms with E-state index in [0.29, 0.717) is 45.1 Å². The molecule has 3 aromatic carbocycles. The normalized spacial score (nSPS) is 16.0. The minimum atomic E-state index is -0.869. The lowest BCUT2D eigenvalue weighted by molar-refractivity contribution is 0.0720. The van der Waals surface area contributed by atoms with Crippen LogP contribution < -0.4 is 14.9 Å². The van der Waals surface area contributed by atoms with E-state index in [1.54, 1.807) is 16.8 Å². The second kappa shape index (κ2) is 10.8. The zero-order valence-electron chi connectivity index (χ0n) is 22.4. The molecule has 0 spiro atoms. The summed E-state index contributed by atoms with van der Waals surface area (Å²) in [5, 5.41) is 7.76. The fraction of sp³-hybridized carbons (Fsp3) is 0.290. The van der Waals surface area contributed by atoms with Gasteiger partial charge in [0.25, 0.3) is 5.91 Å². The fourth-order valence-corrected chi connectivity index (χ4v) is 5.85. The predicted octanol–water partition coefficient (Wildman–Crippen LogP) is 7.18. The molecule has 206 valence electrons. The molecular weight excluding hydrogens is 547 g/mol. The van der Waals surface area contributed by atoms with Crippen LogP contribution in [-0.2, 0) is 12.2 Å². The number of hydrogen-bond donors (Lipinski definition) is 1. The molecule has 1 N–H and O–H groups in total. The second-order valence-corrected chi connectivity index (χ2v) is 11.5. The van der Waals surface area contributed by atoms with Crippen LogP contribution in [-0.4, -0.2) is 33.8 Å². The summed E-state index contributed by atoms with van der Waals surface area (Å²) >= 11 is 12.9. The largest absolute Gasteiger partial charge is 0.489 e. The molecule has 6 rings (SSSR count). The molecule has 0 atom stereocenters. The van der Waals surface area contributed by atoms with Crippen LogP contribution in [0.25, 0.3) is 16.9 Å². The van der Waals surface area contributed by atoms with Crippen molar-refractivity contribution < 1.29 is 14.3 Å². The minimum absolute atomic E-state index is 0.273. The Balaban J connectivity index is 1.44. The van der Waals surface area contributed by atoms with E-state index >= 15 is 0 Å². The zero-order chi connectivity index (χ0) is 27.9. The summed E-state index contributed by atoms with van der Waals surface area (Å²) in [7, 11) is 0. The van der Waals surface area contributed by atoms with Crippen molar-refractivity contribution in [2.75, 3.05) is 13.1 Å². The van der Waals surface area contributed by atoms with Gasteiger partial charge in [0.1, 0.15) is 23.7 Å². The molecule has 40 heavy (non-hydrogen) atoms. The Morgan fingerprint density at radius 2 is 1.80 bits per heavy atom. The third kappa shape index (κ3) is 5.17. The molecule has 1 saturated heterocycles. The summed E-state index contributed by atoms with van der Waals surface area (Å²) in [4.78, 5) is 13.7. The minimum Gasteiger partial charge on any atom is -0.489 e. The number of nitrogens with zero attached hydrogens (tertiary/aromatic N) is 3. The Bertz CT molecular complexity index is 1560. The van der Waals surface area contributed by atoms with Crippen molar-refractivity contribution in [2.24, 2.45) is 0 Å². The Morgan fingerprint density at radius 1 is 1.02 bits per heavy atom. The number of carbonyl (C=O) groups is 1. The first-order valence-electron chi connectivity index (χ1n) is 13.5. The van der Waals surface area contributed by atoms with Gasteiger partial charge in [-0.3, -0.25) is 10.2 Å². The summed E-state index contributed by atoms with van der Waals surface area (Å²) in [6, 6.07) is 21.0. The Labute approximate surface area is 243 Å². The molecule has 0 bridgehead atoms. The highest BCUT2D eigenvalue weighted by molar-refractivity contribution is 6.35. The van der Waals surface area contributed by atoms with Crippen molar-refractivity contribution in [1.82, 2.24) is 20.2 Å². The third-order valence-corrected chi connectivity index (χ3v) is 7.82. The van der Waals surface area contributed by atoms with E-state index in [1.165, 1.54) is 6.42 Å². The smallest absolute Gasteiger partial charge is 0.286 e. The number of rotatable bonds is 6. The molecule has 1 amide bonds. The van der Waals surface area contributed by atoms with Crippen LogP contribution in [0.4, 0.5) is 0 Å². The molecule has 0 saturated carbocycles. The van der Waals surface area contributed by atoms with Crippen molar-refractivity contribution in [3.05, 3.63) is 93.6 Å². The van der Waals surface area contributed by atoms with E-state index in [4.69, 9.17) is 37.8 Å². The van der Waals surface area contributed by atoms with Crippen LogP contribution in [0.15, 0.2) is 66.7 Å². The van der Waals surface area contributed by atoms with Gasteiger partial charge in [-0.2, -0.15) is 5.10 Å². The highest BCUT2D eigenvalue weighted by atomic mass is 35.5. The van der Waals surface area contributed by atoms with E-state index in [9.17, 15) is 4.79 Å². The van der Waals surface area contributed by atoms with Crippen LogP contribution >= 0.6 is 23.2 Å². The molecule has 1 fully saturated rings. The van der Waals surface area contributed by atoms with Gasteiger partial charge in [-0.1, -0.05) is 60.0 Å². The van der Waals surface area contributed by atoms with Gasteiger partial charge >= 0.3 is 0 Å². The van der Waals surface area contributed by atoms with E-state index in [0.717, 1.165) is 42.8 Å². The average molecular weight is 578 g/mol. The van der Waals surface area contributed by atoms with Crippen molar-refractivity contribution >= 4 is 29.1 Å². The Hall–Kier alpha value is -3.52. The van der Waals surface area contributed by atoms with Crippen LogP contribution in [0.5, 0.6) is 11.5 Å². The van der Waals surface area contributed by atoms with Crippen LogP contribution in [0.3, 0.4) is 0 Å². The van der Waals surface area contributed by atoms with Crippen molar-refractivity contribution in [1.29, 1.82) is 0 Å². The predicted molar refractivity (Wildman–Crippen MR) is 156 cm³/mol. The van der Waals surface area contributed by atoms with Gasteiger partial charge < -0.3 is 9.47 Å². The van der Waals surface area contributed by atoms with Crippen molar-refractivity contribution in [2.45, 2.75) is 45.3 Å². The maximum Gasteiger partial charge on any atom is 0.286 e. The number of aromatic nitrogens is 2. The first kappa shape index (κ1) is 26.7. The summed E-state index contributed by atoms with van der Waals surface area (Å²) < 4.78 is 14.3.